The van der Waals surface area contributed by atoms with Gasteiger partial charge in [0, 0.05) is 37.9 Å². The summed E-state index contributed by atoms with van der Waals surface area (Å²) in [5, 5.41) is 14.2. The van der Waals surface area contributed by atoms with Gasteiger partial charge in [-0.05, 0) is 50.2 Å². The number of carbonyl (C=O) groups is 1. The van der Waals surface area contributed by atoms with Gasteiger partial charge in [0.25, 0.3) is 11.5 Å². The fourth-order valence-electron chi connectivity index (χ4n) is 5.32. The number of hydrogen-bond acceptors (Lipinski definition) is 6. The molecule has 3 fully saturated rings. The molecule has 4 heterocycles. The van der Waals surface area contributed by atoms with Gasteiger partial charge in [-0.25, -0.2) is 4.98 Å². The van der Waals surface area contributed by atoms with Crippen molar-refractivity contribution in [3.8, 4) is 5.75 Å². The summed E-state index contributed by atoms with van der Waals surface area (Å²) in [5.41, 5.74) is -0.245. The molecule has 0 radical (unpaired) electrons. The minimum Gasteiger partial charge on any atom is -0.506 e. The van der Waals surface area contributed by atoms with E-state index in [1.54, 1.807) is 22.9 Å². The van der Waals surface area contributed by atoms with Gasteiger partial charge in [-0.15, -0.1) is 0 Å². The number of nitrogens with one attached hydrogen (secondary N) is 1. The van der Waals surface area contributed by atoms with Gasteiger partial charge in [0.15, 0.2) is 0 Å². The Hall–Kier alpha value is -2.45. The van der Waals surface area contributed by atoms with Crippen molar-refractivity contribution < 1.29 is 14.6 Å². The predicted molar refractivity (Wildman–Crippen MR) is 116 cm³/mol. The second-order valence-corrected chi connectivity index (χ2v) is 9.33. The molecule has 8 heteroatoms. The zero-order chi connectivity index (χ0) is 21.5. The number of nitrogens with zero attached hydrogens (tertiary/aromatic N) is 3. The first kappa shape index (κ1) is 20.5. The molecule has 2 aliphatic heterocycles. The molecule has 2 aromatic rings. The highest BCUT2D eigenvalue weighted by molar-refractivity contribution is 6.01. The molecule has 1 aliphatic carbocycles. The van der Waals surface area contributed by atoms with Crippen LogP contribution in [-0.2, 0) is 11.3 Å². The first-order chi connectivity index (χ1) is 15.0. The highest BCUT2D eigenvalue weighted by atomic mass is 16.5. The van der Waals surface area contributed by atoms with Crippen LogP contribution in [0.5, 0.6) is 5.75 Å². The predicted octanol–water partition coefficient (Wildman–Crippen LogP) is 1.88. The van der Waals surface area contributed by atoms with Crippen LogP contribution in [0.3, 0.4) is 0 Å². The Balaban J connectivity index is 1.44. The van der Waals surface area contributed by atoms with E-state index in [0.717, 1.165) is 45.3 Å². The summed E-state index contributed by atoms with van der Waals surface area (Å²) in [6.45, 7) is 4.93. The molecule has 1 amide bonds. The van der Waals surface area contributed by atoms with Gasteiger partial charge < -0.3 is 15.2 Å². The van der Waals surface area contributed by atoms with E-state index in [0.29, 0.717) is 36.1 Å². The summed E-state index contributed by atoms with van der Waals surface area (Å²) in [5.74, 6) is -0.105. The molecule has 2 bridgehead atoms. The Morgan fingerprint density at radius 1 is 1.29 bits per heavy atom. The van der Waals surface area contributed by atoms with Crippen LogP contribution >= 0.6 is 0 Å². The first-order valence-corrected chi connectivity index (χ1v) is 11.4. The van der Waals surface area contributed by atoms with Crippen LogP contribution in [0.1, 0.15) is 49.4 Å². The van der Waals surface area contributed by atoms with Crippen LogP contribution in [0.4, 0.5) is 0 Å². The number of pyridine rings is 2. The summed E-state index contributed by atoms with van der Waals surface area (Å²) in [7, 11) is 0. The van der Waals surface area contributed by atoms with Crippen molar-refractivity contribution in [2.75, 3.05) is 19.7 Å². The third kappa shape index (κ3) is 3.83. The standard InChI is InChI=1S/C23H30N4O4/c1-14-4-6-15(7-5-14)25-22(29)19-20(28)18-3-2-8-24-21(18)27(23(19)30)10-9-26-12-17-11-16(26)13-31-17/h2-3,8,14-17,28H,4-7,9-13H2,1H3,(H,25,29). The fraction of sp³-hybridized carbons (Fsp3) is 0.609. The normalized spacial score (nSPS) is 28.3. The van der Waals surface area contributed by atoms with E-state index >= 15 is 0 Å². The van der Waals surface area contributed by atoms with Gasteiger partial charge in [0.1, 0.15) is 17.0 Å². The van der Waals surface area contributed by atoms with Gasteiger partial charge in [-0.3, -0.25) is 19.1 Å². The Labute approximate surface area is 181 Å². The summed E-state index contributed by atoms with van der Waals surface area (Å²) in [6, 6.07) is 3.85. The van der Waals surface area contributed by atoms with E-state index in [1.807, 2.05) is 0 Å². The van der Waals surface area contributed by atoms with E-state index in [9.17, 15) is 14.7 Å². The number of morpholine rings is 1. The first-order valence-electron chi connectivity index (χ1n) is 11.4. The SMILES string of the molecule is CC1CCC(NC(=O)c2c(O)c3cccnc3n(CCN3CC4CC3CO4)c2=O)CC1. The molecule has 5 rings (SSSR count). The Morgan fingerprint density at radius 3 is 2.81 bits per heavy atom. The number of aromatic hydroxyl groups is 1. The number of hydrogen-bond donors (Lipinski definition) is 2. The monoisotopic (exact) mass is 426 g/mol. The van der Waals surface area contributed by atoms with Crippen LogP contribution in [0.15, 0.2) is 23.1 Å². The zero-order valence-corrected chi connectivity index (χ0v) is 17.9. The number of likely N-dealkylation sites (tertiary alicyclic amines) is 1. The number of amides is 1. The molecule has 2 atom stereocenters. The van der Waals surface area contributed by atoms with Crippen LogP contribution < -0.4 is 10.9 Å². The maximum atomic E-state index is 13.4. The summed E-state index contributed by atoms with van der Waals surface area (Å²) < 4.78 is 7.21. The Kier molecular flexibility index (Phi) is 5.44. The molecular weight excluding hydrogens is 396 g/mol. The van der Waals surface area contributed by atoms with Gasteiger partial charge in [0.2, 0.25) is 0 Å². The maximum Gasteiger partial charge on any atom is 0.268 e. The number of rotatable bonds is 5. The minimum absolute atomic E-state index is 0.0423. The van der Waals surface area contributed by atoms with E-state index in [-0.39, 0.29) is 23.5 Å². The van der Waals surface area contributed by atoms with Gasteiger partial charge in [0.05, 0.1) is 18.1 Å². The Bertz CT molecular complexity index is 1040. The average molecular weight is 427 g/mol. The van der Waals surface area contributed by atoms with Crippen LogP contribution in [0.25, 0.3) is 11.0 Å². The number of carbonyl (C=O) groups excluding carboxylic acids is 1. The van der Waals surface area contributed by atoms with Gasteiger partial charge in [-0.2, -0.15) is 0 Å². The average Bonchev–Trinajstić information content (AvgIpc) is 3.39. The van der Waals surface area contributed by atoms with E-state index in [2.05, 4.69) is 22.1 Å². The minimum atomic E-state index is -0.491. The van der Waals surface area contributed by atoms with Crippen LogP contribution in [-0.4, -0.2) is 63.3 Å². The van der Waals surface area contributed by atoms with Crippen molar-refractivity contribution in [1.29, 1.82) is 0 Å². The molecular formula is C23H30N4O4. The lowest BCUT2D eigenvalue weighted by atomic mass is 9.87. The molecule has 2 unspecified atom stereocenters. The van der Waals surface area contributed by atoms with Crippen LogP contribution in [0.2, 0.25) is 0 Å². The quantitative estimate of drug-likeness (QED) is 0.758. The van der Waals surface area contributed by atoms with Crippen molar-refractivity contribution in [2.24, 2.45) is 5.92 Å². The van der Waals surface area contributed by atoms with Gasteiger partial charge >= 0.3 is 0 Å². The smallest absolute Gasteiger partial charge is 0.268 e. The molecule has 166 valence electrons. The lowest BCUT2D eigenvalue weighted by molar-refractivity contribution is 0.0294. The molecule has 3 aliphatic rings. The maximum absolute atomic E-state index is 13.4. The third-order valence-electron chi connectivity index (χ3n) is 7.20. The molecule has 0 spiro atoms. The Morgan fingerprint density at radius 2 is 2.10 bits per heavy atom. The molecule has 1 saturated carbocycles. The van der Waals surface area contributed by atoms with Crippen molar-refractivity contribution in [1.82, 2.24) is 19.8 Å². The second-order valence-electron chi connectivity index (χ2n) is 9.33. The van der Waals surface area contributed by atoms with Crippen LogP contribution in [0, 0.1) is 5.92 Å². The zero-order valence-electron chi connectivity index (χ0n) is 17.9. The number of fused-ring (bicyclic) bond motifs is 3. The highest BCUT2D eigenvalue weighted by Crippen LogP contribution is 2.29. The second kappa shape index (κ2) is 8.24. The number of ether oxygens (including phenoxy) is 1. The summed E-state index contributed by atoms with van der Waals surface area (Å²) >= 11 is 0. The van der Waals surface area contributed by atoms with Crippen molar-refractivity contribution in [2.45, 2.75) is 63.8 Å². The molecule has 0 aromatic carbocycles. The molecule has 2 saturated heterocycles. The van der Waals surface area contributed by atoms with Crippen molar-refractivity contribution in [3.63, 3.8) is 0 Å². The molecule has 2 aromatic heterocycles. The van der Waals surface area contributed by atoms with E-state index in [4.69, 9.17) is 4.74 Å². The fourth-order valence-corrected chi connectivity index (χ4v) is 5.32. The number of aromatic nitrogens is 2. The van der Waals surface area contributed by atoms with E-state index in [1.165, 1.54) is 0 Å². The summed E-state index contributed by atoms with van der Waals surface area (Å²) in [4.78, 5) is 33.1. The lowest BCUT2D eigenvalue weighted by Crippen LogP contribution is -2.42. The van der Waals surface area contributed by atoms with E-state index < -0.39 is 11.5 Å². The summed E-state index contributed by atoms with van der Waals surface area (Å²) in [6.07, 6.45) is 6.85. The molecule has 8 nitrogen and oxygen atoms in total. The molecule has 31 heavy (non-hydrogen) atoms. The molecule has 2 N–H and O–H groups in total. The third-order valence-corrected chi connectivity index (χ3v) is 7.20. The van der Waals surface area contributed by atoms with Gasteiger partial charge in [-0.1, -0.05) is 6.92 Å². The topological polar surface area (TPSA) is 96.7 Å². The highest BCUT2D eigenvalue weighted by Gasteiger charge is 2.38. The lowest BCUT2D eigenvalue weighted by Gasteiger charge is -2.28. The van der Waals surface area contributed by atoms with Crippen molar-refractivity contribution >= 4 is 16.9 Å². The van der Waals surface area contributed by atoms with Crippen molar-refractivity contribution in [3.05, 3.63) is 34.2 Å². The largest absolute Gasteiger partial charge is 0.506 e.